The molecule has 1 aromatic heterocycles. The molecule has 0 fully saturated rings. The quantitative estimate of drug-likeness (QED) is 0.799. The molecule has 0 amide bonds. The zero-order chi connectivity index (χ0) is 10.9. The van der Waals surface area contributed by atoms with Gasteiger partial charge in [0.05, 0.1) is 5.69 Å². The molecule has 0 aliphatic carbocycles. The van der Waals surface area contributed by atoms with Gasteiger partial charge in [-0.05, 0) is 6.42 Å². The van der Waals surface area contributed by atoms with Crippen molar-refractivity contribution in [1.82, 2.24) is 9.78 Å². The normalized spacial score (nSPS) is 14.4. The zero-order valence-corrected chi connectivity index (χ0v) is 7.97. The largest absolute Gasteiger partial charge is 0.407 e. The summed E-state index contributed by atoms with van der Waals surface area (Å²) in [6.07, 6.45) is -2.65. The van der Waals surface area contributed by atoms with E-state index in [1.165, 1.54) is 10.9 Å². The van der Waals surface area contributed by atoms with E-state index in [1.807, 2.05) is 0 Å². The second kappa shape index (κ2) is 3.61. The molecule has 0 aliphatic rings. The first-order valence-electron chi connectivity index (χ1n) is 4.21. The first kappa shape index (κ1) is 11.0. The highest BCUT2D eigenvalue weighted by Crippen LogP contribution is 2.31. The molecular weight excluding hydrogens is 195 g/mol. The third-order valence-electron chi connectivity index (χ3n) is 1.96. The molecule has 1 heterocycles. The van der Waals surface area contributed by atoms with E-state index in [9.17, 15) is 13.2 Å². The van der Waals surface area contributed by atoms with Gasteiger partial charge < -0.3 is 5.73 Å². The van der Waals surface area contributed by atoms with Crippen LogP contribution in [0.15, 0.2) is 6.20 Å². The number of aryl methyl sites for hydroxylation is 2. The lowest BCUT2D eigenvalue weighted by Gasteiger charge is -2.14. The van der Waals surface area contributed by atoms with Crippen LogP contribution in [0.25, 0.3) is 0 Å². The van der Waals surface area contributed by atoms with Gasteiger partial charge in [-0.25, -0.2) is 0 Å². The van der Waals surface area contributed by atoms with E-state index in [1.54, 1.807) is 14.0 Å². The Labute approximate surface area is 79.7 Å². The van der Waals surface area contributed by atoms with E-state index in [0.717, 1.165) is 0 Å². The minimum absolute atomic E-state index is 0.0579. The van der Waals surface area contributed by atoms with Crippen molar-refractivity contribution < 1.29 is 13.2 Å². The average Bonchev–Trinajstić information content (AvgIpc) is 2.43. The minimum Gasteiger partial charge on any atom is -0.316 e. The average molecular weight is 207 g/mol. The van der Waals surface area contributed by atoms with E-state index in [0.29, 0.717) is 12.1 Å². The van der Waals surface area contributed by atoms with Crippen molar-refractivity contribution in [2.24, 2.45) is 12.8 Å². The SMILES string of the molecule is CCc1nn(C)cc1C(N)C(F)(F)F. The van der Waals surface area contributed by atoms with E-state index in [4.69, 9.17) is 5.73 Å². The van der Waals surface area contributed by atoms with Gasteiger partial charge in [-0.15, -0.1) is 0 Å². The summed E-state index contributed by atoms with van der Waals surface area (Å²) in [4.78, 5) is 0. The van der Waals surface area contributed by atoms with Crippen LogP contribution in [-0.4, -0.2) is 16.0 Å². The maximum absolute atomic E-state index is 12.3. The molecule has 14 heavy (non-hydrogen) atoms. The summed E-state index contributed by atoms with van der Waals surface area (Å²) in [5.41, 5.74) is 5.54. The molecular formula is C8H12F3N3. The highest BCUT2D eigenvalue weighted by Gasteiger charge is 2.39. The van der Waals surface area contributed by atoms with Crippen LogP contribution in [0.5, 0.6) is 0 Å². The van der Waals surface area contributed by atoms with Gasteiger partial charge in [0, 0.05) is 18.8 Å². The van der Waals surface area contributed by atoms with Crippen molar-refractivity contribution >= 4 is 0 Å². The predicted molar refractivity (Wildman–Crippen MR) is 45.6 cm³/mol. The lowest BCUT2D eigenvalue weighted by Crippen LogP contribution is -2.28. The molecule has 1 aromatic rings. The number of halogens is 3. The fourth-order valence-electron chi connectivity index (χ4n) is 1.26. The molecule has 0 saturated heterocycles. The van der Waals surface area contributed by atoms with Crippen molar-refractivity contribution in [3.05, 3.63) is 17.5 Å². The second-order valence-electron chi connectivity index (χ2n) is 3.08. The standard InChI is InChI=1S/C8H12F3N3/c1-3-6-5(4-14(2)13-6)7(12)8(9,10)11/h4,7H,3,12H2,1-2H3. The maximum atomic E-state index is 12.3. The van der Waals surface area contributed by atoms with Gasteiger partial charge in [0.2, 0.25) is 0 Å². The summed E-state index contributed by atoms with van der Waals surface area (Å²) in [6, 6.07) is -1.94. The lowest BCUT2D eigenvalue weighted by molar-refractivity contribution is -0.149. The van der Waals surface area contributed by atoms with Crippen LogP contribution in [0.2, 0.25) is 0 Å². The fraction of sp³-hybridized carbons (Fsp3) is 0.625. The van der Waals surface area contributed by atoms with Gasteiger partial charge in [-0.1, -0.05) is 6.92 Å². The molecule has 80 valence electrons. The van der Waals surface area contributed by atoms with Gasteiger partial charge >= 0.3 is 6.18 Å². The summed E-state index contributed by atoms with van der Waals surface area (Å²) in [6.45, 7) is 1.74. The molecule has 1 rings (SSSR count). The summed E-state index contributed by atoms with van der Waals surface area (Å²) < 4.78 is 38.2. The lowest BCUT2D eigenvalue weighted by atomic mass is 10.1. The van der Waals surface area contributed by atoms with Gasteiger partial charge in [-0.2, -0.15) is 18.3 Å². The molecule has 0 bridgehead atoms. The molecule has 2 N–H and O–H groups in total. The van der Waals surface area contributed by atoms with Crippen LogP contribution in [0, 0.1) is 0 Å². The van der Waals surface area contributed by atoms with Crippen molar-refractivity contribution in [3.8, 4) is 0 Å². The molecule has 0 aromatic carbocycles. The molecule has 3 nitrogen and oxygen atoms in total. The van der Waals surface area contributed by atoms with E-state index in [2.05, 4.69) is 5.10 Å². The Bertz CT molecular complexity index is 316. The molecule has 0 aliphatic heterocycles. The third-order valence-corrected chi connectivity index (χ3v) is 1.96. The predicted octanol–water partition coefficient (Wildman–Crippen LogP) is 1.54. The number of alkyl halides is 3. The number of hydrogen-bond acceptors (Lipinski definition) is 2. The number of nitrogens with zero attached hydrogens (tertiary/aromatic N) is 2. The number of hydrogen-bond donors (Lipinski definition) is 1. The van der Waals surface area contributed by atoms with Gasteiger partial charge in [0.25, 0.3) is 0 Å². The van der Waals surface area contributed by atoms with Gasteiger partial charge in [0.15, 0.2) is 0 Å². The van der Waals surface area contributed by atoms with Crippen molar-refractivity contribution in [1.29, 1.82) is 0 Å². The molecule has 1 atom stereocenters. The van der Waals surface area contributed by atoms with E-state index < -0.39 is 12.2 Å². The molecule has 0 saturated carbocycles. The summed E-state index contributed by atoms with van der Waals surface area (Å²) in [5, 5.41) is 3.90. The van der Waals surface area contributed by atoms with E-state index in [-0.39, 0.29) is 5.56 Å². The van der Waals surface area contributed by atoms with Crippen LogP contribution < -0.4 is 5.73 Å². The van der Waals surface area contributed by atoms with Crippen molar-refractivity contribution in [2.45, 2.75) is 25.6 Å². The first-order chi connectivity index (χ1) is 6.36. The summed E-state index contributed by atoms with van der Waals surface area (Å²) >= 11 is 0. The van der Waals surface area contributed by atoms with Crippen LogP contribution >= 0.6 is 0 Å². The minimum atomic E-state index is -4.41. The number of rotatable bonds is 2. The molecule has 0 radical (unpaired) electrons. The van der Waals surface area contributed by atoms with Crippen molar-refractivity contribution in [3.63, 3.8) is 0 Å². The number of aromatic nitrogens is 2. The fourth-order valence-corrected chi connectivity index (χ4v) is 1.26. The number of nitrogens with two attached hydrogens (primary N) is 1. The molecule has 0 spiro atoms. The van der Waals surface area contributed by atoms with Crippen LogP contribution in [-0.2, 0) is 13.5 Å². The van der Waals surface area contributed by atoms with Gasteiger partial charge in [0.1, 0.15) is 6.04 Å². The summed E-state index contributed by atoms with van der Waals surface area (Å²) in [5.74, 6) is 0. The highest BCUT2D eigenvalue weighted by molar-refractivity contribution is 5.22. The zero-order valence-electron chi connectivity index (χ0n) is 7.97. The van der Waals surface area contributed by atoms with Crippen molar-refractivity contribution in [2.75, 3.05) is 0 Å². The topological polar surface area (TPSA) is 43.8 Å². The Balaban J connectivity index is 3.05. The van der Waals surface area contributed by atoms with E-state index >= 15 is 0 Å². The second-order valence-corrected chi connectivity index (χ2v) is 3.08. The first-order valence-corrected chi connectivity index (χ1v) is 4.21. The molecule has 1 unspecified atom stereocenters. The third kappa shape index (κ3) is 2.06. The molecule has 6 heteroatoms. The van der Waals surface area contributed by atoms with Gasteiger partial charge in [-0.3, -0.25) is 4.68 Å². The Hall–Kier alpha value is -1.04. The Morgan fingerprint density at radius 1 is 1.57 bits per heavy atom. The van der Waals surface area contributed by atoms with Crippen LogP contribution in [0.4, 0.5) is 13.2 Å². The monoisotopic (exact) mass is 207 g/mol. The highest BCUT2D eigenvalue weighted by atomic mass is 19.4. The Morgan fingerprint density at radius 3 is 2.57 bits per heavy atom. The Morgan fingerprint density at radius 2 is 2.14 bits per heavy atom. The smallest absolute Gasteiger partial charge is 0.316 e. The summed E-state index contributed by atoms with van der Waals surface area (Å²) in [7, 11) is 1.58. The van der Waals surface area contributed by atoms with Crippen LogP contribution in [0.3, 0.4) is 0 Å². The van der Waals surface area contributed by atoms with Crippen LogP contribution in [0.1, 0.15) is 24.2 Å². The maximum Gasteiger partial charge on any atom is 0.407 e. The Kier molecular flexibility index (Phi) is 2.84.